The van der Waals surface area contributed by atoms with Crippen LogP contribution in [-0.2, 0) is 11.3 Å². The molecule has 1 heterocycles. The summed E-state index contributed by atoms with van der Waals surface area (Å²) in [5.74, 6) is 0.500. The van der Waals surface area contributed by atoms with Gasteiger partial charge >= 0.3 is 0 Å². The van der Waals surface area contributed by atoms with Crippen LogP contribution in [-0.4, -0.2) is 27.3 Å². The molecule has 0 unspecified atom stereocenters. The third-order valence-corrected chi connectivity index (χ3v) is 5.22. The number of carbonyl (C=O) groups excluding carboxylic acids is 2. The molecule has 0 spiro atoms. The summed E-state index contributed by atoms with van der Waals surface area (Å²) in [5.41, 5.74) is 1.78. The van der Waals surface area contributed by atoms with Crippen LogP contribution in [0.2, 0.25) is 0 Å². The topological polar surface area (TPSA) is 117 Å². The van der Waals surface area contributed by atoms with Gasteiger partial charge in [-0.15, -0.1) is 0 Å². The minimum absolute atomic E-state index is 0.221. The highest BCUT2D eigenvalue weighted by Crippen LogP contribution is 2.36. The summed E-state index contributed by atoms with van der Waals surface area (Å²) < 4.78 is 5.82. The SMILES string of the molecule is Cc1ccc(Oc2ccc(CNC(=O)C3(NC(=O)c4cncnc4)CC3)cc2)c(C#N)c1. The fourth-order valence-corrected chi connectivity index (χ4v) is 3.21. The molecule has 1 fully saturated rings. The molecule has 32 heavy (non-hydrogen) atoms. The number of benzene rings is 2. The molecule has 0 radical (unpaired) electrons. The van der Waals surface area contributed by atoms with Crippen molar-refractivity contribution in [1.29, 1.82) is 5.26 Å². The third kappa shape index (κ3) is 4.73. The van der Waals surface area contributed by atoms with E-state index in [9.17, 15) is 14.9 Å². The van der Waals surface area contributed by atoms with Crippen LogP contribution in [0.25, 0.3) is 0 Å². The molecule has 1 aromatic heterocycles. The summed E-state index contributed by atoms with van der Waals surface area (Å²) in [7, 11) is 0. The molecule has 2 amide bonds. The maximum atomic E-state index is 12.7. The van der Waals surface area contributed by atoms with Crippen LogP contribution in [0.1, 0.15) is 39.9 Å². The van der Waals surface area contributed by atoms with Crippen molar-refractivity contribution >= 4 is 11.8 Å². The minimum atomic E-state index is -0.880. The van der Waals surface area contributed by atoms with Crippen LogP contribution in [0, 0.1) is 18.3 Å². The molecule has 0 atom stereocenters. The van der Waals surface area contributed by atoms with Crippen molar-refractivity contribution in [3.05, 3.63) is 83.4 Å². The standard InChI is InChI=1S/C24H21N5O3/c1-16-2-7-21(18(10-16)11-25)32-20-5-3-17(4-6-20)12-28-23(31)24(8-9-24)29-22(30)19-13-26-15-27-14-19/h2-7,10,13-15H,8-9,12H2,1H3,(H,28,31)(H,29,30). The zero-order chi connectivity index (χ0) is 22.6. The smallest absolute Gasteiger partial charge is 0.255 e. The predicted molar refractivity (Wildman–Crippen MR) is 116 cm³/mol. The molecule has 1 saturated carbocycles. The van der Waals surface area contributed by atoms with Crippen molar-refractivity contribution in [2.24, 2.45) is 0 Å². The van der Waals surface area contributed by atoms with E-state index >= 15 is 0 Å². The Morgan fingerprint density at radius 2 is 1.84 bits per heavy atom. The molecule has 3 aromatic rings. The van der Waals surface area contributed by atoms with E-state index in [4.69, 9.17) is 4.74 Å². The van der Waals surface area contributed by atoms with Gasteiger partial charge in [-0.25, -0.2) is 9.97 Å². The van der Waals surface area contributed by atoms with E-state index in [1.165, 1.54) is 18.7 Å². The van der Waals surface area contributed by atoms with Crippen molar-refractivity contribution in [3.63, 3.8) is 0 Å². The van der Waals surface area contributed by atoms with Crippen molar-refractivity contribution in [3.8, 4) is 17.6 Å². The first kappa shape index (κ1) is 21.0. The van der Waals surface area contributed by atoms with Gasteiger partial charge in [0, 0.05) is 18.9 Å². The molecule has 1 aliphatic carbocycles. The van der Waals surface area contributed by atoms with Gasteiger partial charge in [0.15, 0.2) is 0 Å². The molecule has 0 saturated heterocycles. The zero-order valence-electron chi connectivity index (χ0n) is 17.5. The second-order valence-corrected chi connectivity index (χ2v) is 7.70. The van der Waals surface area contributed by atoms with E-state index in [1.807, 2.05) is 25.1 Å². The van der Waals surface area contributed by atoms with Gasteiger partial charge in [-0.3, -0.25) is 9.59 Å². The van der Waals surface area contributed by atoms with Gasteiger partial charge in [-0.2, -0.15) is 5.26 Å². The van der Waals surface area contributed by atoms with Gasteiger partial charge in [-0.1, -0.05) is 18.2 Å². The summed E-state index contributed by atoms with van der Waals surface area (Å²) >= 11 is 0. The van der Waals surface area contributed by atoms with Gasteiger partial charge in [0.2, 0.25) is 5.91 Å². The number of hydrogen-bond acceptors (Lipinski definition) is 6. The van der Waals surface area contributed by atoms with Crippen LogP contribution in [0.4, 0.5) is 0 Å². The molecule has 0 aliphatic heterocycles. The Kier molecular flexibility index (Phi) is 5.81. The molecule has 0 bridgehead atoms. The lowest BCUT2D eigenvalue weighted by atomic mass is 10.1. The first-order chi connectivity index (χ1) is 15.5. The van der Waals surface area contributed by atoms with Crippen LogP contribution < -0.4 is 15.4 Å². The number of nitriles is 1. The van der Waals surface area contributed by atoms with Crippen molar-refractivity contribution in [2.45, 2.75) is 31.8 Å². The molecular formula is C24H21N5O3. The highest BCUT2D eigenvalue weighted by atomic mass is 16.5. The average Bonchev–Trinajstić information content (AvgIpc) is 3.60. The molecular weight excluding hydrogens is 406 g/mol. The second-order valence-electron chi connectivity index (χ2n) is 7.70. The number of carbonyl (C=O) groups is 2. The highest BCUT2D eigenvalue weighted by Gasteiger charge is 2.51. The molecule has 8 nitrogen and oxygen atoms in total. The fourth-order valence-electron chi connectivity index (χ4n) is 3.21. The predicted octanol–water partition coefficient (Wildman–Crippen LogP) is 3.03. The number of rotatable bonds is 7. The van der Waals surface area contributed by atoms with Gasteiger partial charge in [0.1, 0.15) is 29.4 Å². The normalized spacial score (nSPS) is 13.5. The third-order valence-electron chi connectivity index (χ3n) is 5.22. The summed E-state index contributed by atoms with van der Waals surface area (Å²) in [6, 6.07) is 14.8. The Morgan fingerprint density at radius 3 is 2.50 bits per heavy atom. The van der Waals surface area contributed by atoms with Crippen LogP contribution >= 0.6 is 0 Å². The van der Waals surface area contributed by atoms with Crippen molar-refractivity contribution < 1.29 is 14.3 Å². The maximum Gasteiger partial charge on any atom is 0.255 e. The van der Waals surface area contributed by atoms with E-state index in [2.05, 4.69) is 26.7 Å². The molecule has 4 rings (SSSR count). The lowest BCUT2D eigenvalue weighted by Gasteiger charge is -2.17. The van der Waals surface area contributed by atoms with Crippen molar-refractivity contribution in [1.82, 2.24) is 20.6 Å². The Balaban J connectivity index is 1.33. The van der Waals surface area contributed by atoms with Gasteiger partial charge < -0.3 is 15.4 Å². The summed E-state index contributed by atoms with van der Waals surface area (Å²) in [5, 5.41) is 15.0. The van der Waals surface area contributed by atoms with E-state index < -0.39 is 5.54 Å². The summed E-state index contributed by atoms with van der Waals surface area (Å²) in [4.78, 5) is 32.6. The first-order valence-corrected chi connectivity index (χ1v) is 10.1. The lowest BCUT2D eigenvalue weighted by molar-refractivity contribution is -0.124. The Hall–Kier alpha value is -4.25. The summed E-state index contributed by atoms with van der Waals surface area (Å²) in [6.07, 6.45) is 5.34. The number of hydrogen-bond donors (Lipinski definition) is 2. The lowest BCUT2D eigenvalue weighted by Crippen LogP contribution is -2.48. The highest BCUT2D eigenvalue weighted by molar-refractivity contribution is 6.00. The molecule has 2 N–H and O–H groups in total. The zero-order valence-corrected chi connectivity index (χ0v) is 17.5. The molecule has 8 heteroatoms. The number of nitrogens with one attached hydrogen (secondary N) is 2. The van der Waals surface area contributed by atoms with E-state index in [-0.39, 0.29) is 11.8 Å². The second kappa shape index (κ2) is 8.86. The Morgan fingerprint density at radius 1 is 1.12 bits per heavy atom. The number of amides is 2. The molecule has 160 valence electrons. The Bertz CT molecular complexity index is 1180. The van der Waals surface area contributed by atoms with Crippen molar-refractivity contribution in [2.75, 3.05) is 0 Å². The number of aryl methyl sites for hydroxylation is 1. The molecule has 2 aromatic carbocycles. The van der Waals surface area contributed by atoms with Crippen LogP contribution in [0.5, 0.6) is 11.5 Å². The van der Waals surface area contributed by atoms with Crippen LogP contribution in [0.15, 0.2) is 61.2 Å². The number of ether oxygens (including phenoxy) is 1. The number of aromatic nitrogens is 2. The van der Waals surface area contributed by atoms with E-state index in [0.29, 0.717) is 42.0 Å². The first-order valence-electron chi connectivity index (χ1n) is 10.1. The quantitative estimate of drug-likeness (QED) is 0.599. The monoisotopic (exact) mass is 427 g/mol. The molecule has 1 aliphatic rings. The minimum Gasteiger partial charge on any atom is -0.456 e. The maximum absolute atomic E-state index is 12.7. The van der Waals surface area contributed by atoms with Crippen LogP contribution in [0.3, 0.4) is 0 Å². The Labute approximate surface area is 185 Å². The largest absolute Gasteiger partial charge is 0.456 e. The van der Waals surface area contributed by atoms with E-state index in [0.717, 1.165) is 11.1 Å². The average molecular weight is 427 g/mol. The van der Waals surface area contributed by atoms with E-state index in [1.54, 1.807) is 24.3 Å². The summed E-state index contributed by atoms with van der Waals surface area (Å²) in [6.45, 7) is 2.24. The van der Waals surface area contributed by atoms with Gasteiger partial charge in [0.25, 0.3) is 5.91 Å². The van der Waals surface area contributed by atoms with Gasteiger partial charge in [-0.05, 0) is 55.2 Å². The number of nitrogens with zero attached hydrogens (tertiary/aromatic N) is 3. The van der Waals surface area contributed by atoms with Gasteiger partial charge in [0.05, 0.1) is 11.1 Å². The fraction of sp³-hybridized carbons (Fsp3) is 0.208.